The molecule has 0 unspecified atom stereocenters. The van der Waals surface area contributed by atoms with Crippen LogP contribution in [0.3, 0.4) is 0 Å². The van der Waals surface area contributed by atoms with Gasteiger partial charge in [-0.05, 0) is 18.8 Å². The van der Waals surface area contributed by atoms with Gasteiger partial charge in [-0.3, -0.25) is 0 Å². The van der Waals surface area contributed by atoms with Crippen molar-refractivity contribution in [2.45, 2.75) is 53.9 Å². The maximum absolute atomic E-state index is 5.77. The molecule has 0 aromatic carbocycles. The molecule has 0 aliphatic heterocycles. The minimum atomic E-state index is 0.276. The van der Waals surface area contributed by atoms with Crippen LogP contribution in [0.1, 0.15) is 59.7 Å². The first-order valence-electron chi connectivity index (χ1n) is 7.07. The number of nitrogens with one attached hydrogen (secondary N) is 1. The Kier molecular flexibility index (Phi) is 5.58. The molecule has 4 heteroatoms. The van der Waals surface area contributed by atoms with Crippen molar-refractivity contribution in [3.63, 3.8) is 0 Å². The average Bonchev–Trinajstić information content (AvgIpc) is 2.27. The van der Waals surface area contributed by atoms with Crippen molar-refractivity contribution in [1.82, 2.24) is 9.97 Å². The first kappa shape index (κ1) is 15.7. The predicted molar refractivity (Wildman–Crippen MR) is 79.9 cm³/mol. The van der Waals surface area contributed by atoms with Gasteiger partial charge in [0, 0.05) is 18.5 Å². The van der Waals surface area contributed by atoms with Crippen LogP contribution < -0.4 is 10.1 Å². The number of aromatic nitrogens is 2. The quantitative estimate of drug-likeness (QED) is 0.848. The van der Waals surface area contributed by atoms with Crippen LogP contribution in [0.4, 0.5) is 5.82 Å². The lowest BCUT2D eigenvalue weighted by atomic mass is 9.93. The molecule has 0 aliphatic carbocycles. The predicted octanol–water partition coefficient (Wildman–Crippen LogP) is 3.85. The third kappa shape index (κ3) is 5.90. The maximum Gasteiger partial charge on any atom is 0.218 e. The molecular weight excluding hydrogens is 238 g/mol. The topological polar surface area (TPSA) is 47.0 Å². The fourth-order valence-corrected chi connectivity index (χ4v) is 1.51. The highest BCUT2D eigenvalue weighted by Crippen LogP contribution is 2.21. The van der Waals surface area contributed by atoms with Crippen molar-refractivity contribution < 1.29 is 4.74 Å². The smallest absolute Gasteiger partial charge is 0.218 e. The van der Waals surface area contributed by atoms with Gasteiger partial charge >= 0.3 is 0 Å². The van der Waals surface area contributed by atoms with Crippen LogP contribution in [-0.2, 0) is 0 Å². The van der Waals surface area contributed by atoms with Gasteiger partial charge in [0.2, 0.25) is 5.88 Å². The fourth-order valence-electron chi connectivity index (χ4n) is 1.51. The second kappa shape index (κ2) is 6.73. The second-order valence-electron chi connectivity index (χ2n) is 6.29. The molecule has 1 heterocycles. The SMILES string of the molecule is CCNc1cc(OCCC(C)(C)C)nc(C(C)C)n1. The third-order valence-electron chi connectivity index (χ3n) is 2.70. The van der Waals surface area contributed by atoms with Crippen LogP contribution in [0.15, 0.2) is 6.07 Å². The van der Waals surface area contributed by atoms with Gasteiger partial charge in [-0.25, -0.2) is 4.98 Å². The van der Waals surface area contributed by atoms with E-state index in [0.717, 1.165) is 24.6 Å². The summed E-state index contributed by atoms with van der Waals surface area (Å²) in [7, 11) is 0. The Morgan fingerprint density at radius 2 is 1.95 bits per heavy atom. The van der Waals surface area contributed by atoms with E-state index in [1.165, 1.54) is 0 Å². The molecule has 1 aromatic rings. The lowest BCUT2D eigenvalue weighted by Gasteiger charge is -2.18. The average molecular weight is 265 g/mol. The molecule has 1 rings (SSSR count). The maximum atomic E-state index is 5.77. The molecule has 0 fully saturated rings. The Hall–Kier alpha value is -1.32. The summed E-state index contributed by atoms with van der Waals surface area (Å²) < 4.78 is 5.77. The summed E-state index contributed by atoms with van der Waals surface area (Å²) in [4.78, 5) is 8.94. The zero-order valence-electron chi connectivity index (χ0n) is 13.1. The number of hydrogen-bond acceptors (Lipinski definition) is 4. The lowest BCUT2D eigenvalue weighted by Crippen LogP contribution is -2.13. The van der Waals surface area contributed by atoms with E-state index in [2.05, 4.69) is 56.8 Å². The normalized spacial score (nSPS) is 11.7. The molecule has 0 atom stereocenters. The molecular formula is C15H27N3O. The number of rotatable bonds is 6. The second-order valence-corrected chi connectivity index (χ2v) is 6.29. The van der Waals surface area contributed by atoms with Crippen LogP contribution in [0, 0.1) is 5.41 Å². The van der Waals surface area contributed by atoms with E-state index in [0.29, 0.717) is 18.4 Å². The Labute approximate surface area is 117 Å². The highest BCUT2D eigenvalue weighted by Gasteiger charge is 2.12. The van der Waals surface area contributed by atoms with E-state index in [1.54, 1.807) is 0 Å². The fraction of sp³-hybridized carbons (Fsp3) is 0.733. The Balaban J connectivity index is 2.75. The van der Waals surface area contributed by atoms with Gasteiger partial charge in [0.1, 0.15) is 11.6 Å². The largest absolute Gasteiger partial charge is 0.478 e. The number of ether oxygens (including phenoxy) is 1. The molecule has 0 saturated heterocycles. The zero-order valence-corrected chi connectivity index (χ0v) is 13.1. The highest BCUT2D eigenvalue weighted by atomic mass is 16.5. The molecule has 19 heavy (non-hydrogen) atoms. The summed E-state index contributed by atoms with van der Waals surface area (Å²) >= 11 is 0. The molecule has 108 valence electrons. The van der Waals surface area contributed by atoms with Crippen molar-refractivity contribution in [2.75, 3.05) is 18.5 Å². The molecule has 0 spiro atoms. The summed E-state index contributed by atoms with van der Waals surface area (Å²) in [6, 6.07) is 1.87. The van der Waals surface area contributed by atoms with E-state index >= 15 is 0 Å². The van der Waals surface area contributed by atoms with Crippen molar-refractivity contribution in [1.29, 1.82) is 0 Å². The molecule has 0 aliphatic rings. The molecule has 1 aromatic heterocycles. The Morgan fingerprint density at radius 3 is 2.47 bits per heavy atom. The number of anilines is 1. The van der Waals surface area contributed by atoms with Crippen LogP contribution in [0.25, 0.3) is 0 Å². The van der Waals surface area contributed by atoms with Gasteiger partial charge in [-0.15, -0.1) is 0 Å². The van der Waals surface area contributed by atoms with Gasteiger partial charge in [-0.1, -0.05) is 34.6 Å². The van der Waals surface area contributed by atoms with Crippen LogP contribution in [0.2, 0.25) is 0 Å². The molecule has 0 amide bonds. The van der Waals surface area contributed by atoms with Crippen molar-refractivity contribution in [3.05, 3.63) is 11.9 Å². The van der Waals surface area contributed by atoms with E-state index in [1.807, 2.05) is 6.07 Å². The molecule has 1 N–H and O–H groups in total. The zero-order chi connectivity index (χ0) is 14.5. The van der Waals surface area contributed by atoms with Crippen LogP contribution in [0.5, 0.6) is 5.88 Å². The minimum Gasteiger partial charge on any atom is -0.478 e. The molecule has 0 bridgehead atoms. The lowest BCUT2D eigenvalue weighted by molar-refractivity contribution is 0.235. The Bertz CT molecular complexity index is 397. The van der Waals surface area contributed by atoms with Gasteiger partial charge in [-0.2, -0.15) is 4.98 Å². The first-order chi connectivity index (χ1) is 8.81. The van der Waals surface area contributed by atoms with E-state index in [4.69, 9.17) is 4.74 Å². The van der Waals surface area contributed by atoms with E-state index < -0.39 is 0 Å². The van der Waals surface area contributed by atoms with Crippen molar-refractivity contribution in [3.8, 4) is 5.88 Å². The van der Waals surface area contributed by atoms with Crippen molar-refractivity contribution >= 4 is 5.82 Å². The highest BCUT2D eigenvalue weighted by molar-refractivity contribution is 5.38. The number of hydrogen-bond donors (Lipinski definition) is 1. The summed E-state index contributed by atoms with van der Waals surface area (Å²) in [6.45, 7) is 14.4. The number of nitrogens with zero attached hydrogens (tertiary/aromatic N) is 2. The monoisotopic (exact) mass is 265 g/mol. The molecule has 4 nitrogen and oxygen atoms in total. The van der Waals surface area contributed by atoms with E-state index in [9.17, 15) is 0 Å². The van der Waals surface area contributed by atoms with Gasteiger partial charge < -0.3 is 10.1 Å². The van der Waals surface area contributed by atoms with Crippen molar-refractivity contribution in [2.24, 2.45) is 5.41 Å². The molecule has 0 radical (unpaired) electrons. The van der Waals surface area contributed by atoms with Gasteiger partial charge in [0.05, 0.1) is 6.61 Å². The first-order valence-corrected chi connectivity index (χ1v) is 7.07. The summed E-state index contributed by atoms with van der Waals surface area (Å²) in [5.41, 5.74) is 0.276. The molecule has 0 saturated carbocycles. The Morgan fingerprint density at radius 1 is 1.26 bits per heavy atom. The summed E-state index contributed by atoms with van der Waals surface area (Å²) in [5, 5.41) is 3.22. The third-order valence-corrected chi connectivity index (χ3v) is 2.70. The van der Waals surface area contributed by atoms with Gasteiger partial charge in [0.25, 0.3) is 0 Å². The summed E-state index contributed by atoms with van der Waals surface area (Å²) in [5.74, 6) is 2.62. The summed E-state index contributed by atoms with van der Waals surface area (Å²) in [6.07, 6.45) is 1.00. The van der Waals surface area contributed by atoms with Gasteiger partial charge in [0.15, 0.2) is 0 Å². The van der Waals surface area contributed by atoms with E-state index in [-0.39, 0.29) is 5.41 Å². The minimum absolute atomic E-state index is 0.276. The van der Waals surface area contributed by atoms with Crippen LogP contribution in [-0.4, -0.2) is 23.1 Å². The standard InChI is InChI=1S/C15H27N3O/c1-7-16-12-10-13(18-14(17-12)11(2)3)19-9-8-15(4,5)6/h10-11H,7-9H2,1-6H3,(H,16,17,18). The van der Waals surface area contributed by atoms with Crippen LogP contribution >= 0.6 is 0 Å².